The first kappa shape index (κ1) is 15.3. The molecule has 1 fully saturated rings. The van der Waals surface area contributed by atoms with Crippen molar-refractivity contribution in [2.45, 2.75) is 32.1 Å². The van der Waals surface area contributed by atoms with Crippen LogP contribution in [0, 0.1) is 5.92 Å². The predicted octanol–water partition coefficient (Wildman–Crippen LogP) is 2.32. The summed E-state index contributed by atoms with van der Waals surface area (Å²) in [5.41, 5.74) is 5.93. The van der Waals surface area contributed by atoms with Gasteiger partial charge in [-0.1, -0.05) is 19.3 Å². The number of nitrogen functional groups attached to an aromatic ring is 1. The smallest absolute Gasteiger partial charge is 0.337 e. The molecule has 21 heavy (non-hydrogen) atoms. The molecule has 7 heteroatoms. The number of hydrogen-bond donors (Lipinski definition) is 2. The third kappa shape index (κ3) is 4.21. The fourth-order valence-corrected chi connectivity index (χ4v) is 2.28. The first-order valence-electron chi connectivity index (χ1n) is 6.99. The van der Waals surface area contributed by atoms with Crippen molar-refractivity contribution >= 4 is 11.8 Å². The van der Waals surface area contributed by atoms with E-state index in [0.717, 1.165) is 18.8 Å². The van der Waals surface area contributed by atoms with Crippen molar-refractivity contribution in [3.63, 3.8) is 0 Å². The summed E-state index contributed by atoms with van der Waals surface area (Å²) >= 11 is 0. The van der Waals surface area contributed by atoms with Crippen molar-refractivity contribution in [1.29, 1.82) is 0 Å². The Balaban J connectivity index is 0.00000242. The van der Waals surface area contributed by atoms with Gasteiger partial charge in [0.25, 0.3) is 5.90 Å². The second kappa shape index (κ2) is 7.10. The number of aryl methyl sites for hydroxylation is 1. The number of oxime groups is 1. The Kier molecular flexibility index (Phi) is 5.19. The molecule has 1 aliphatic carbocycles. The van der Waals surface area contributed by atoms with Gasteiger partial charge in [-0.05, 0) is 29.5 Å². The third-order valence-electron chi connectivity index (χ3n) is 3.45. The van der Waals surface area contributed by atoms with Gasteiger partial charge in [0.15, 0.2) is 0 Å². The number of alkyl halides is 1. The van der Waals surface area contributed by atoms with Gasteiger partial charge in [0.2, 0.25) is 5.88 Å². The summed E-state index contributed by atoms with van der Waals surface area (Å²) in [6.45, 7) is -0.994. The van der Waals surface area contributed by atoms with Crippen LogP contribution >= 0.6 is 0 Å². The number of anilines is 1. The molecule has 0 spiro atoms. The summed E-state index contributed by atoms with van der Waals surface area (Å²) in [4.78, 5) is 11.4. The van der Waals surface area contributed by atoms with E-state index < -0.39 is 12.3 Å². The van der Waals surface area contributed by atoms with E-state index in [1.165, 1.54) is 18.9 Å². The summed E-state index contributed by atoms with van der Waals surface area (Å²) < 4.78 is 22.0. The van der Waals surface area contributed by atoms with Crippen molar-refractivity contribution < 1.29 is 20.2 Å². The van der Waals surface area contributed by atoms with Gasteiger partial charge in [-0.2, -0.15) is 0 Å². The van der Waals surface area contributed by atoms with E-state index in [1.807, 2.05) is 0 Å². The van der Waals surface area contributed by atoms with Crippen LogP contribution in [0.2, 0.25) is 0 Å². The van der Waals surface area contributed by atoms with E-state index in [2.05, 4.69) is 5.16 Å². The van der Waals surface area contributed by atoms with Gasteiger partial charge in [-0.15, -0.1) is 0 Å². The number of rotatable bonds is 7. The van der Waals surface area contributed by atoms with Crippen molar-refractivity contribution in [2.75, 3.05) is 19.0 Å². The van der Waals surface area contributed by atoms with Gasteiger partial charge in [0, 0.05) is 7.49 Å². The van der Waals surface area contributed by atoms with Crippen LogP contribution in [0.15, 0.2) is 20.4 Å². The van der Waals surface area contributed by atoms with Crippen LogP contribution in [-0.2, 0) is 11.2 Å². The van der Waals surface area contributed by atoms with Crippen LogP contribution in [0.1, 0.15) is 38.2 Å². The fourth-order valence-electron chi connectivity index (χ4n) is 2.28. The van der Waals surface area contributed by atoms with E-state index in [1.54, 1.807) is 0 Å². The lowest BCUT2D eigenvalue weighted by Gasteiger charge is -2.12. The molecule has 1 aromatic heterocycles. The average Bonchev–Trinajstić information content (AvgIpc) is 3.25. The number of hydrogen-bond acceptors (Lipinski definition) is 6. The molecule has 6 nitrogen and oxygen atoms in total. The quantitative estimate of drug-likeness (QED) is 0.348. The van der Waals surface area contributed by atoms with Gasteiger partial charge < -0.3 is 20.1 Å². The summed E-state index contributed by atoms with van der Waals surface area (Å²) in [6, 6.07) is 1.31. The molecule has 1 aliphatic rings. The maximum Gasteiger partial charge on any atom is 0.337 e. The zero-order valence-electron chi connectivity index (χ0n) is 11.7. The van der Waals surface area contributed by atoms with E-state index >= 15 is 0 Å². The first-order chi connectivity index (χ1) is 10.2. The zero-order valence-corrected chi connectivity index (χ0v) is 11.7. The van der Waals surface area contributed by atoms with Crippen molar-refractivity contribution in [1.82, 2.24) is 0 Å². The highest BCUT2D eigenvalue weighted by Gasteiger charge is 2.22. The Morgan fingerprint density at radius 1 is 1.62 bits per heavy atom. The standard InChI is InChI=1S/C14H19FN2O4.H2/c15-6-7-20-14(17-19)12-10(3-1-2-9-4-5-9)8-11(18)21-13(12)16;/h8-9,19H,1-7,16H2;1H/b17-14+;. The van der Waals surface area contributed by atoms with E-state index in [0.29, 0.717) is 12.0 Å². The third-order valence-corrected chi connectivity index (χ3v) is 3.45. The van der Waals surface area contributed by atoms with Gasteiger partial charge >= 0.3 is 5.63 Å². The fraction of sp³-hybridized carbons (Fsp3) is 0.571. The summed E-state index contributed by atoms with van der Waals surface area (Å²) in [7, 11) is 0. The lowest BCUT2D eigenvalue weighted by Crippen LogP contribution is -2.17. The highest BCUT2D eigenvalue weighted by Crippen LogP contribution is 2.34. The molecule has 1 heterocycles. The molecule has 0 bridgehead atoms. The highest BCUT2D eigenvalue weighted by molar-refractivity contribution is 5.98. The molecule has 0 saturated heterocycles. The van der Waals surface area contributed by atoms with Crippen LogP contribution in [-0.4, -0.2) is 24.4 Å². The molecule has 3 N–H and O–H groups in total. The molecule has 1 saturated carbocycles. The Morgan fingerprint density at radius 3 is 3.00 bits per heavy atom. The van der Waals surface area contributed by atoms with E-state index in [9.17, 15) is 9.18 Å². The van der Waals surface area contributed by atoms with Crippen LogP contribution in [0.4, 0.5) is 10.3 Å². The Labute approximate surface area is 122 Å². The molecule has 0 aromatic carbocycles. The van der Waals surface area contributed by atoms with E-state index in [4.69, 9.17) is 20.1 Å². The average molecular weight is 300 g/mol. The monoisotopic (exact) mass is 300 g/mol. The van der Waals surface area contributed by atoms with Crippen LogP contribution in [0.25, 0.3) is 0 Å². The molecular weight excluding hydrogens is 279 g/mol. The van der Waals surface area contributed by atoms with Crippen molar-refractivity contribution in [2.24, 2.45) is 11.1 Å². The second-order valence-electron chi connectivity index (χ2n) is 5.11. The number of nitrogens with zero attached hydrogens (tertiary/aromatic N) is 1. The normalized spacial score (nSPS) is 15.2. The van der Waals surface area contributed by atoms with Gasteiger partial charge in [-0.3, -0.25) is 0 Å². The summed E-state index contributed by atoms with van der Waals surface area (Å²) in [5, 5.41) is 12.0. The summed E-state index contributed by atoms with van der Waals surface area (Å²) in [5.74, 6) is 0.366. The molecule has 1 aromatic rings. The van der Waals surface area contributed by atoms with Gasteiger partial charge in [0.05, 0.1) is 0 Å². The Hall–Kier alpha value is -2.05. The highest BCUT2D eigenvalue weighted by atomic mass is 19.1. The minimum absolute atomic E-state index is 0. The van der Waals surface area contributed by atoms with Gasteiger partial charge in [-0.25, -0.2) is 9.18 Å². The number of halogens is 1. The molecule has 0 amide bonds. The largest absolute Gasteiger partial charge is 0.472 e. The SMILES string of the molecule is Nc1oc(=O)cc(CCCC2CC2)c1/C(=N\O)OCCF.[HH]. The number of nitrogens with two attached hydrogens (primary N) is 1. The maximum atomic E-state index is 12.2. The Morgan fingerprint density at radius 2 is 2.38 bits per heavy atom. The molecule has 2 rings (SSSR count). The topological polar surface area (TPSA) is 98.1 Å². The van der Waals surface area contributed by atoms with E-state index in [-0.39, 0.29) is 25.4 Å². The maximum absolute atomic E-state index is 12.2. The summed E-state index contributed by atoms with van der Waals surface area (Å²) in [6.07, 6.45) is 5.09. The Bertz CT molecular complexity index is 572. The minimum Gasteiger partial charge on any atom is -0.472 e. The van der Waals surface area contributed by atoms with Crippen molar-refractivity contribution in [3.05, 3.63) is 27.6 Å². The lowest BCUT2D eigenvalue weighted by molar-refractivity contribution is 0.234. The molecular formula is C14H21FN2O4. The molecule has 0 atom stereocenters. The van der Waals surface area contributed by atoms with Crippen LogP contribution in [0.3, 0.4) is 0 Å². The van der Waals surface area contributed by atoms with Crippen LogP contribution < -0.4 is 11.4 Å². The molecule has 0 radical (unpaired) electrons. The predicted molar refractivity (Wildman–Crippen MR) is 77.4 cm³/mol. The molecule has 118 valence electrons. The molecule has 0 unspecified atom stereocenters. The zero-order chi connectivity index (χ0) is 15.2. The van der Waals surface area contributed by atoms with Gasteiger partial charge in [0.1, 0.15) is 18.8 Å². The lowest BCUT2D eigenvalue weighted by atomic mass is 10.0. The van der Waals surface area contributed by atoms with Crippen molar-refractivity contribution in [3.8, 4) is 0 Å². The minimum atomic E-state index is -0.729. The first-order valence-corrected chi connectivity index (χ1v) is 6.99. The second-order valence-corrected chi connectivity index (χ2v) is 5.11. The molecule has 0 aliphatic heterocycles. The van der Waals surface area contributed by atoms with Crippen LogP contribution in [0.5, 0.6) is 0 Å². The number of ether oxygens (including phenoxy) is 1.